The molecule has 0 spiro atoms. The first-order valence-corrected chi connectivity index (χ1v) is 4.93. The van der Waals surface area contributed by atoms with E-state index in [-0.39, 0.29) is 0 Å². The molecule has 0 saturated carbocycles. The number of carbonyl (C=O) groups is 1. The summed E-state index contributed by atoms with van der Waals surface area (Å²) >= 11 is 11.6. The number of allylic oxidation sites excluding steroid dienone is 1. The number of hydrogen-bond acceptors (Lipinski definition) is 1. The Morgan fingerprint density at radius 1 is 1.40 bits per heavy atom. The predicted octanol–water partition coefficient (Wildman–Crippen LogP) is 3.65. The van der Waals surface area contributed by atoms with Crippen LogP contribution in [0.2, 0.25) is 10.0 Å². The van der Waals surface area contributed by atoms with Gasteiger partial charge in [0.2, 0.25) is 0 Å². The maximum absolute atomic E-state index is 11.3. The molecule has 1 aromatic rings. The Kier molecular flexibility index (Phi) is 4.00. The molecule has 0 fully saturated rings. The zero-order valence-corrected chi connectivity index (χ0v) is 9.62. The lowest BCUT2D eigenvalue weighted by molar-refractivity contribution is 0.254. The summed E-state index contributed by atoms with van der Waals surface area (Å²) in [6.07, 6.45) is 0. The van der Waals surface area contributed by atoms with Gasteiger partial charge in [-0.15, -0.1) is 0 Å². The first-order valence-electron chi connectivity index (χ1n) is 4.17. The van der Waals surface area contributed by atoms with Crippen LogP contribution in [-0.2, 0) is 0 Å². The zero-order valence-electron chi connectivity index (χ0n) is 8.10. The molecule has 5 heteroatoms. The van der Waals surface area contributed by atoms with Crippen LogP contribution in [0.3, 0.4) is 0 Å². The fourth-order valence-electron chi connectivity index (χ4n) is 0.941. The topological polar surface area (TPSA) is 41.1 Å². The van der Waals surface area contributed by atoms with Gasteiger partial charge in [-0.3, -0.25) is 0 Å². The largest absolute Gasteiger partial charge is 0.323 e. The van der Waals surface area contributed by atoms with Gasteiger partial charge in [0.1, 0.15) is 0 Å². The van der Waals surface area contributed by atoms with Crippen LogP contribution in [0.15, 0.2) is 30.5 Å². The Morgan fingerprint density at radius 2 is 2.07 bits per heavy atom. The second-order valence-electron chi connectivity index (χ2n) is 2.98. The summed E-state index contributed by atoms with van der Waals surface area (Å²) in [6, 6.07) is 4.43. The normalized spacial score (nSPS) is 9.53. The van der Waals surface area contributed by atoms with Gasteiger partial charge in [0.25, 0.3) is 0 Å². The molecule has 2 amide bonds. The van der Waals surface area contributed by atoms with Crippen molar-refractivity contribution in [2.24, 2.45) is 0 Å². The Bertz CT molecular complexity index is 404. The summed E-state index contributed by atoms with van der Waals surface area (Å²) in [5.74, 6) is 0. The van der Waals surface area contributed by atoms with Crippen molar-refractivity contribution in [3.8, 4) is 0 Å². The molecule has 1 rings (SSSR count). The quantitative estimate of drug-likeness (QED) is 0.820. The maximum Gasteiger partial charge on any atom is 0.323 e. The summed E-state index contributed by atoms with van der Waals surface area (Å²) in [5, 5.41) is 5.98. The van der Waals surface area contributed by atoms with Crippen LogP contribution in [0, 0.1) is 0 Å². The van der Waals surface area contributed by atoms with E-state index < -0.39 is 6.03 Å². The molecule has 0 unspecified atom stereocenters. The van der Waals surface area contributed by atoms with E-state index in [9.17, 15) is 4.79 Å². The molecule has 0 aliphatic carbocycles. The minimum atomic E-state index is -0.397. The Balaban J connectivity index is 2.76. The van der Waals surface area contributed by atoms with Crippen LogP contribution >= 0.6 is 23.2 Å². The van der Waals surface area contributed by atoms with Crippen molar-refractivity contribution >= 4 is 34.9 Å². The Hall–Kier alpha value is -1.19. The van der Waals surface area contributed by atoms with Crippen molar-refractivity contribution in [3.63, 3.8) is 0 Å². The van der Waals surface area contributed by atoms with Gasteiger partial charge in [-0.05, 0) is 25.1 Å². The Morgan fingerprint density at radius 3 is 2.67 bits per heavy atom. The molecular weight excluding hydrogens is 235 g/mol. The van der Waals surface area contributed by atoms with E-state index >= 15 is 0 Å². The van der Waals surface area contributed by atoms with E-state index in [1.807, 2.05) is 0 Å². The van der Waals surface area contributed by atoms with Crippen molar-refractivity contribution in [1.82, 2.24) is 5.32 Å². The summed E-state index contributed by atoms with van der Waals surface area (Å²) in [4.78, 5) is 11.3. The zero-order chi connectivity index (χ0) is 11.4. The highest BCUT2D eigenvalue weighted by molar-refractivity contribution is 6.35. The van der Waals surface area contributed by atoms with Gasteiger partial charge in [0.15, 0.2) is 0 Å². The fourth-order valence-corrected chi connectivity index (χ4v) is 1.28. The predicted molar refractivity (Wildman–Crippen MR) is 63.4 cm³/mol. The van der Waals surface area contributed by atoms with Crippen molar-refractivity contribution in [3.05, 3.63) is 40.5 Å². The number of hydrogen-bond donors (Lipinski definition) is 2. The average Bonchev–Trinajstić information content (AvgIpc) is 2.10. The number of carbonyl (C=O) groups excluding carboxylic acids is 1. The first kappa shape index (κ1) is 11.9. The van der Waals surface area contributed by atoms with Crippen molar-refractivity contribution in [2.75, 3.05) is 5.32 Å². The van der Waals surface area contributed by atoms with E-state index in [4.69, 9.17) is 23.2 Å². The van der Waals surface area contributed by atoms with Gasteiger partial charge in [0.05, 0.1) is 10.7 Å². The molecule has 2 N–H and O–H groups in total. The lowest BCUT2D eigenvalue weighted by Gasteiger charge is -2.08. The lowest BCUT2D eigenvalue weighted by atomic mass is 10.3. The van der Waals surface area contributed by atoms with E-state index in [2.05, 4.69) is 17.2 Å². The molecular formula is C10H10Cl2N2O. The molecule has 1 aromatic carbocycles. The third kappa shape index (κ3) is 3.81. The smallest absolute Gasteiger partial charge is 0.312 e. The maximum atomic E-state index is 11.3. The number of urea groups is 1. The molecule has 0 aromatic heterocycles. The van der Waals surface area contributed by atoms with Crippen LogP contribution in [0.1, 0.15) is 6.92 Å². The molecule has 0 saturated heterocycles. The van der Waals surface area contributed by atoms with Crippen LogP contribution in [0.5, 0.6) is 0 Å². The van der Waals surface area contributed by atoms with Crippen LogP contribution in [0.4, 0.5) is 10.5 Å². The van der Waals surface area contributed by atoms with Crippen LogP contribution in [-0.4, -0.2) is 6.03 Å². The lowest BCUT2D eigenvalue weighted by Crippen LogP contribution is -2.26. The second kappa shape index (κ2) is 5.05. The summed E-state index contributed by atoms with van der Waals surface area (Å²) in [5.41, 5.74) is 1.01. The molecule has 0 aliphatic rings. The molecule has 3 nitrogen and oxygen atoms in total. The molecule has 0 atom stereocenters. The van der Waals surface area contributed by atoms with E-state index in [1.54, 1.807) is 25.1 Å². The minimum Gasteiger partial charge on any atom is -0.312 e. The van der Waals surface area contributed by atoms with Crippen LogP contribution in [0.25, 0.3) is 0 Å². The third-order valence-electron chi connectivity index (χ3n) is 1.50. The summed E-state index contributed by atoms with van der Waals surface area (Å²) in [7, 11) is 0. The van der Waals surface area contributed by atoms with E-state index in [0.717, 1.165) is 0 Å². The summed E-state index contributed by atoms with van der Waals surface area (Å²) in [6.45, 7) is 5.23. The second-order valence-corrected chi connectivity index (χ2v) is 3.83. The van der Waals surface area contributed by atoms with Gasteiger partial charge >= 0.3 is 6.03 Å². The standard InChI is InChI=1S/C10H10Cl2N2O/c1-6(2)13-10(15)14-9-5-7(11)3-4-8(9)12/h3-5H,1H2,2H3,(H2,13,14,15). The van der Waals surface area contributed by atoms with Crippen molar-refractivity contribution < 1.29 is 4.79 Å². The molecule has 0 radical (unpaired) electrons. The third-order valence-corrected chi connectivity index (χ3v) is 2.07. The fraction of sp³-hybridized carbons (Fsp3) is 0.100. The molecule has 0 bridgehead atoms. The van der Waals surface area contributed by atoms with Crippen LogP contribution < -0.4 is 10.6 Å². The van der Waals surface area contributed by atoms with Crippen molar-refractivity contribution in [2.45, 2.75) is 6.92 Å². The van der Waals surface area contributed by atoms with Gasteiger partial charge in [-0.1, -0.05) is 29.8 Å². The average molecular weight is 245 g/mol. The van der Waals surface area contributed by atoms with E-state index in [1.165, 1.54) is 0 Å². The number of anilines is 1. The number of halogens is 2. The monoisotopic (exact) mass is 244 g/mol. The Labute approximate surface area is 98.1 Å². The highest BCUT2D eigenvalue weighted by atomic mass is 35.5. The first-order chi connectivity index (χ1) is 6.99. The molecule has 15 heavy (non-hydrogen) atoms. The van der Waals surface area contributed by atoms with Crippen molar-refractivity contribution in [1.29, 1.82) is 0 Å². The highest BCUT2D eigenvalue weighted by Crippen LogP contribution is 2.25. The number of rotatable bonds is 2. The minimum absolute atomic E-state index is 0.397. The molecule has 80 valence electrons. The number of amides is 2. The SMILES string of the molecule is C=C(C)NC(=O)Nc1cc(Cl)ccc1Cl. The summed E-state index contributed by atoms with van der Waals surface area (Å²) < 4.78 is 0. The molecule has 0 aliphatic heterocycles. The van der Waals surface area contributed by atoms with Gasteiger partial charge in [0, 0.05) is 10.7 Å². The van der Waals surface area contributed by atoms with Gasteiger partial charge in [-0.2, -0.15) is 0 Å². The van der Waals surface area contributed by atoms with Gasteiger partial charge < -0.3 is 10.6 Å². The number of nitrogens with one attached hydrogen (secondary N) is 2. The highest BCUT2D eigenvalue weighted by Gasteiger charge is 2.05. The number of benzene rings is 1. The molecule has 0 heterocycles. The van der Waals surface area contributed by atoms with E-state index in [0.29, 0.717) is 21.4 Å². The van der Waals surface area contributed by atoms with Gasteiger partial charge in [-0.25, -0.2) is 4.79 Å².